The fourth-order valence-corrected chi connectivity index (χ4v) is 5.69. The number of nitrogens with one attached hydrogen (secondary N) is 1. The number of fused-ring (bicyclic) bond motifs is 1. The van der Waals surface area contributed by atoms with E-state index in [-0.39, 0.29) is 0 Å². The van der Waals surface area contributed by atoms with Crippen molar-refractivity contribution in [1.82, 2.24) is 15.0 Å². The lowest BCUT2D eigenvalue weighted by atomic mass is 10.1. The van der Waals surface area contributed by atoms with E-state index < -0.39 is 23.6 Å². The number of ether oxygens (including phenoxy) is 1. The van der Waals surface area contributed by atoms with Crippen LogP contribution in [0.5, 0.6) is 0 Å². The van der Waals surface area contributed by atoms with Crippen molar-refractivity contribution in [1.29, 1.82) is 0 Å². The van der Waals surface area contributed by atoms with Crippen LogP contribution in [-0.4, -0.2) is 32.2 Å². The van der Waals surface area contributed by atoms with Gasteiger partial charge in [0.05, 0.1) is 9.75 Å². The summed E-state index contributed by atoms with van der Waals surface area (Å²) in [5.74, 6) is 5.54. The minimum atomic E-state index is -0.866. The summed E-state index contributed by atoms with van der Waals surface area (Å²) < 4.78 is 9.05. The number of carboxylic acids is 1. The molecule has 1 amide bonds. The molecule has 172 valence electrons. The molecule has 10 heteroatoms. The number of aromatic nitrogens is 3. The number of rotatable bonds is 5. The van der Waals surface area contributed by atoms with Gasteiger partial charge in [-0.05, 0) is 37.5 Å². The Bertz CT molecular complexity index is 1420. The fourth-order valence-electron chi connectivity index (χ4n) is 3.45. The van der Waals surface area contributed by atoms with Crippen LogP contribution in [0, 0.1) is 17.3 Å². The highest BCUT2D eigenvalue weighted by atomic mass is 32.1. The Morgan fingerprint density at radius 1 is 1.21 bits per heavy atom. The number of thiophene rings is 2. The lowest BCUT2D eigenvalue weighted by molar-refractivity contribution is -0.141. The van der Waals surface area contributed by atoms with Crippen LogP contribution in [0.15, 0.2) is 42.5 Å². The average molecular weight is 493 g/mol. The van der Waals surface area contributed by atoms with E-state index in [1.807, 2.05) is 49.4 Å². The SMILES string of the molecule is CC(OC(=O)Nc1c(-c2cc3sc(C#CC4(C(=O)O)CC4)cc3s2)nnn1C)c1ccccc1. The molecule has 8 nitrogen and oxygen atoms in total. The maximum atomic E-state index is 12.5. The zero-order valence-corrected chi connectivity index (χ0v) is 20.0. The summed E-state index contributed by atoms with van der Waals surface area (Å²) in [6, 6.07) is 13.4. The molecule has 2 N–H and O–H groups in total. The van der Waals surface area contributed by atoms with Crippen LogP contribution in [0.4, 0.5) is 10.6 Å². The molecule has 34 heavy (non-hydrogen) atoms. The summed E-state index contributed by atoms with van der Waals surface area (Å²) >= 11 is 3.01. The van der Waals surface area contributed by atoms with Crippen molar-refractivity contribution in [3.8, 4) is 22.4 Å². The minimum absolute atomic E-state index is 0.409. The van der Waals surface area contributed by atoms with Crippen LogP contribution >= 0.6 is 22.7 Å². The average Bonchev–Trinajstić information content (AvgIpc) is 3.20. The number of nitrogens with zero attached hydrogens (tertiary/aromatic N) is 3. The quantitative estimate of drug-likeness (QED) is 0.367. The van der Waals surface area contributed by atoms with Crippen LogP contribution in [0.3, 0.4) is 0 Å². The first kappa shape index (κ1) is 22.1. The van der Waals surface area contributed by atoms with E-state index in [2.05, 4.69) is 27.5 Å². The molecule has 0 saturated heterocycles. The Morgan fingerprint density at radius 2 is 1.94 bits per heavy atom. The highest BCUT2D eigenvalue weighted by molar-refractivity contribution is 7.29. The first-order chi connectivity index (χ1) is 16.3. The monoisotopic (exact) mass is 492 g/mol. The summed E-state index contributed by atoms with van der Waals surface area (Å²) in [6.07, 6.45) is 0.211. The molecule has 3 aromatic heterocycles. The number of carboxylic acid groups (broad SMARTS) is 1. The molecule has 1 fully saturated rings. The Kier molecular flexibility index (Phi) is 5.59. The number of benzene rings is 1. The van der Waals surface area contributed by atoms with Crippen LogP contribution in [-0.2, 0) is 16.6 Å². The van der Waals surface area contributed by atoms with Crippen molar-refractivity contribution in [3.63, 3.8) is 0 Å². The van der Waals surface area contributed by atoms with Gasteiger partial charge in [0.2, 0.25) is 0 Å². The molecule has 5 rings (SSSR count). The zero-order valence-electron chi connectivity index (χ0n) is 18.4. The number of carbonyl (C=O) groups excluding carboxylic acids is 1. The summed E-state index contributed by atoms with van der Waals surface area (Å²) in [4.78, 5) is 25.5. The van der Waals surface area contributed by atoms with Crippen molar-refractivity contribution in [2.24, 2.45) is 12.5 Å². The van der Waals surface area contributed by atoms with Gasteiger partial charge >= 0.3 is 12.1 Å². The van der Waals surface area contributed by atoms with Crippen molar-refractivity contribution < 1.29 is 19.4 Å². The maximum absolute atomic E-state index is 12.5. The Morgan fingerprint density at radius 3 is 2.62 bits per heavy atom. The number of hydrogen-bond donors (Lipinski definition) is 2. The van der Waals surface area contributed by atoms with Gasteiger partial charge < -0.3 is 9.84 Å². The highest BCUT2D eigenvalue weighted by Gasteiger charge is 2.49. The second-order valence-corrected chi connectivity index (χ2v) is 10.2. The maximum Gasteiger partial charge on any atom is 0.413 e. The Balaban J connectivity index is 1.33. The van der Waals surface area contributed by atoms with Crippen molar-refractivity contribution in [2.75, 3.05) is 5.32 Å². The third-order valence-electron chi connectivity index (χ3n) is 5.62. The molecule has 0 bridgehead atoms. The lowest BCUT2D eigenvalue weighted by Gasteiger charge is -2.14. The van der Waals surface area contributed by atoms with Crippen LogP contribution < -0.4 is 5.32 Å². The first-order valence-corrected chi connectivity index (χ1v) is 12.2. The normalized spacial score (nSPS) is 14.8. The number of aliphatic carboxylic acids is 1. The molecule has 1 saturated carbocycles. The molecule has 1 aliphatic rings. The van der Waals surface area contributed by atoms with Gasteiger partial charge in [-0.2, -0.15) is 0 Å². The summed E-state index contributed by atoms with van der Waals surface area (Å²) in [6.45, 7) is 1.81. The standard InChI is InChI=1S/C24H20N4O4S2/c1-14(15-6-4-3-5-7-15)32-23(31)25-21-20(26-27-28(21)2)19-13-18-17(34-19)12-16(33-18)8-9-24(10-11-24)22(29)30/h3-7,12-14H,10-11H2,1-2H3,(H,25,31)(H,29,30). The van der Waals surface area contributed by atoms with Crippen molar-refractivity contribution >= 4 is 50.0 Å². The molecule has 4 aromatic rings. The number of carbonyl (C=O) groups is 2. The van der Waals surface area contributed by atoms with Crippen LogP contribution in [0.2, 0.25) is 0 Å². The number of anilines is 1. The predicted molar refractivity (Wildman–Crippen MR) is 131 cm³/mol. The Hall–Kier alpha value is -3.68. The predicted octanol–water partition coefficient (Wildman–Crippen LogP) is 5.28. The van der Waals surface area contributed by atoms with E-state index >= 15 is 0 Å². The molecule has 1 unspecified atom stereocenters. The van der Waals surface area contributed by atoms with Crippen LogP contribution in [0.1, 0.15) is 36.3 Å². The lowest BCUT2D eigenvalue weighted by Crippen LogP contribution is -2.18. The molecule has 3 heterocycles. The van der Waals surface area contributed by atoms with Gasteiger partial charge in [-0.1, -0.05) is 47.4 Å². The van der Waals surface area contributed by atoms with E-state index in [9.17, 15) is 14.7 Å². The molecular formula is C24H20N4O4S2. The number of aryl methyl sites for hydroxylation is 1. The third kappa shape index (κ3) is 4.27. The van der Waals surface area contributed by atoms with Gasteiger partial charge in [-0.25, -0.2) is 9.48 Å². The van der Waals surface area contributed by atoms with Gasteiger partial charge in [0.1, 0.15) is 17.2 Å². The summed E-state index contributed by atoms with van der Waals surface area (Å²) in [5, 5.41) is 20.4. The topological polar surface area (TPSA) is 106 Å². The van der Waals surface area contributed by atoms with Gasteiger partial charge in [0, 0.05) is 16.4 Å². The number of hydrogen-bond acceptors (Lipinski definition) is 7. The summed E-state index contributed by atoms with van der Waals surface area (Å²) in [7, 11) is 1.70. The molecule has 0 radical (unpaired) electrons. The zero-order chi connectivity index (χ0) is 23.9. The van der Waals surface area contributed by atoms with Crippen molar-refractivity contribution in [3.05, 3.63) is 52.9 Å². The molecule has 0 aliphatic heterocycles. The van der Waals surface area contributed by atoms with E-state index in [1.54, 1.807) is 7.05 Å². The summed E-state index contributed by atoms with van der Waals surface area (Å²) in [5.41, 5.74) is 0.583. The van der Waals surface area contributed by atoms with Gasteiger partial charge in [0.25, 0.3) is 0 Å². The van der Waals surface area contributed by atoms with Gasteiger partial charge in [-0.15, -0.1) is 27.8 Å². The third-order valence-corrected chi connectivity index (χ3v) is 7.84. The fraction of sp³-hybridized carbons (Fsp3) is 0.250. The van der Waals surface area contributed by atoms with Gasteiger partial charge in [-0.3, -0.25) is 10.1 Å². The molecular weight excluding hydrogens is 472 g/mol. The largest absolute Gasteiger partial charge is 0.480 e. The second-order valence-electron chi connectivity index (χ2n) is 8.08. The Labute approximate surface area is 203 Å². The molecule has 1 aromatic carbocycles. The van der Waals surface area contributed by atoms with Gasteiger partial charge in [0.15, 0.2) is 5.82 Å². The van der Waals surface area contributed by atoms with E-state index in [1.165, 1.54) is 27.4 Å². The molecule has 1 atom stereocenters. The van der Waals surface area contributed by atoms with E-state index in [4.69, 9.17) is 4.74 Å². The molecule has 0 spiro atoms. The van der Waals surface area contributed by atoms with Crippen LogP contribution in [0.25, 0.3) is 20.0 Å². The first-order valence-electron chi connectivity index (χ1n) is 10.6. The minimum Gasteiger partial charge on any atom is -0.480 e. The van der Waals surface area contributed by atoms with E-state index in [0.29, 0.717) is 24.4 Å². The number of amides is 1. The van der Waals surface area contributed by atoms with Crippen molar-refractivity contribution in [2.45, 2.75) is 25.9 Å². The van der Waals surface area contributed by atoms with E-state index in [0.717, 1.165) is 24.7 Å². The second kappa shape index (κ2) is 8.59. The smallest absolute Gasteiger partial charge is 0.413 e. The molecule has 1 aliphatic carbocycles. The highest BCUT2D eigenvalue weighted by Crippen LogP contribution is 2.45.